The normalized spacial score (nSPS) is 24.9. The molecule has 0 aromatic heterocycles. The fourth-order valence-corrected chi connectivity index (χ4v) is 9.37. The van der Waals surface area contributed by atoms with Gasteiger partial charge in [0.1, 0.15) is 10.6 Å². The number of alkyl halides is 7. The number of rotatable bonds is 4. The van der Waals surface area contributed by atoms with E-state index in [2.05, 4.69) is 0 Å². The summed E-state index contributed by atoms with van der Waals surface area (Å²) >= 11 is 6.07. The molecule has 0 N–H and O–H groups in total. The van der Waals surface area contributed by atoms with Crippen LogP contribution in [0, 0.1) is 11.2 Å². The Labute approximate surface area is 247 Å². The molecule has 0 bridgehead atoms. The summed E-state index contributed by atoms with van der Waals surface area (Å²) in [5.74, 6) is -1.07. The van der Waals surface area contributed by atoms with E-state index in [-0.39, 0.29) is 47.7 Å². The molecule has 2 atom stereocenters. The number of amides is 1. The fourth-order valence-electron chi connectivity index (χ4n) is 6.83. The minimum atomic E-state index is -6.35. The minimum absolute atomic E-state index is 0.0660. The van der Waals surface area contributed by atoms with E-state index in [4.69, 9.17) is 11.8 Å². The topological polar surface area (TPSA) is 57.7 Å². The van der Waals surface area contributed by atoms with Crippen molar-refractivity contribution < 1.29 is 48.3 Å². The lowest BCUT2D eigenvalue weighted by atomic mass is 9.75. The number of aryl methyl sites for hydroxylation is 1. The summed E-state index contributed by atoms with van der Waals surface area (Å²) in [6.45, 7) is 2.47. The zero-order valence-electron chi connectivity index (χ0n) is 22.7. The van der Waals surface area contributed by atoms with Crippen molar-refractivity contribution in [1.82, 2.24) is 9.32 Å². The molecule has 2 heterocycles. The highest BCUT2D eigenvalue weighted by Crippen LogP contribution is 2.57. The van der Waals surface area contributed by atoms with Gasteiger partial charge in [0.25, 0.3) is 0 Å². The van der Waals surface area contributed by atoms with Crippen LogP contribution in [0.5, 0.6) is 0 Å². The Balaban J connectivity index is 1.67. The van der Waals surface area contributed by atoms with E-state index in [1.807, 2.05) is 0 Å². The third-order valence-corrected chi connectivity index (χ3v) is 12.1. The number of fused-ring (bicyclic) bond motifs is 3. The van der Waals surface area contributed by atoms with Gasteiger partial charge in [-0.05, 0) is 79.3 Å². The Bertz CT molecular complexity index is 1510. The number of hydrogen-bond acceptors (Lipinski definition) is 4. The van der Waals surface area contributed by atoms with E-state index in [1.165, 1.54) is 9.32 Å². The lowest BCUT2D eigenvalue weighted by Crippen LogP contribution is -2.55. The van der Waals surface area contributed by atoms with Crippen LogP contribution in [-0.4, -0.2) is 61.7 Å². The summed E-state index contributed by atoms with van der Waals surface area (Å²) in [7, 11) is -4.55. The van der Waals surface area contributed by atoms with Crippen LogP contribution in [0.3, 0.4) is 0 Å². The van der Waals surface area contributed by atoms with Gasteiger partial charge in [-0.15, -0.1) is 0 Å². The summed E-state index contributed by atoms with van der Waals surface area (Å²) < 4.78 is 138. The number of halogens is 9. The molecule has 5 rings (SSSR count). The van der Waals surface area contributed by atoms with Crippen LogP contribution in [-0.2, 0) is 31.5 Å². The molecular weight excluding hydrogens is 632 g/mol. The molecule has 0 unspecified atom stereocenters. The number of nitrogens with zero attached hydrogens (tertiary/aromatic N) is 2. The predicted molar refractivity (Wildman–Crippen MR) is 140 cm³/mol. The molecule has 43 heavy (non-hydrogen) atoms. The molecule has 0 saturated carbocycles. The number of hydrogen-bond donors (Lipinski definition) is 0. The van der Waals surface area contributed by atoms with Crippen molar-refractivity contribution >= 4 is 27.5 Å². The number of carbonyl (C=O) groups excluding carboxylic acids is 1. The van der Waals surface area contributed by atoms with Gasteiger partial charge in [0, 0.05) is 30.6 Å². The molecule has 2 aromatic carbocycles. The first-order valence-corrected chi connectivity index (χ1v) is 15.3. The Morgan fingerprint density at radius 1 is 0.907 bits per heavy atom. The Kier molecular flexibility index (Phi) is 7.65. The summed E-state index contributed by atoms with van der Waals surface area (Å²) in [4.78, 5) is 15.1. The molecule has 5 nitrogen and oxygen atoms in total. The molecule has 1 aliphatic carbocycles. The van der Waals surface area contributed by atoms with Crippen LogP contribution >= 0.6 is 11.8 Å². The van der Waals surface area contributed by atoms with Crippen molar-refractivity contribution in [3.8, 4) is 0 Å². The van der Waals surface area contributed by atoms with Crippen molar-refractivity contribution in [3.63, 3.8) is 0 Å². The number of piperidine rings is 1. The average Bonchev–Trinajstić information content (AvgIpc) is 3.34. The Morgan fingerprint density at radius 2 is 1.49 bits per heavy atom. The highest BCUT2D eigenvalue weighted by molar-refractivity contribution is 7.92. The van der Waals surface area contributed by atoms with Crippen LogP contribution < -0.4 is 0 Å². The molecule has 15 heteroatoms. The first kappa shape index (κ1) is 32.0. The molecule has 0 radical (unpaired) electrons. The van der Waals surface area contributed by atoms with Gasteiger partial charge in [0.15, 0.2) is 9.84 Å². The van der Waals surface area contributed by atoms with E-state index in [9.17, 15) is 48.3 Å². The maximum atomic E-state index is 15.0. The smallest absolute Gasteiger partial charge is 0.337 e. The minimum Gasteiger partial charge on any atom is -0.337 e. The Hall–Kier alpha value is -2.45. The third-order valence-electron chi connectivity index (χ3n) is 9.26. The lowest BCUT2D eigenvalue weighted by Gasteiger charge is -2.45. The maximum Gasteiger partial charge on any atom is 0.435 e. The molecule has 2 aromatic rings. The van der Waals surface area contributed by atoms with E-state index >= 15 is 0 Å². The van der Waals surface area contributed by atoms with Gasteiger partial charge in [0.2, 0.25) is 5.91 Å². The molecule has 1 amide bonds. The van der Waals surface area contributed by atoms with Crippen LogP contribution in [0.4, 0.5) is 35.1 Å². The molecule has 3 aliphatic rings. The molecule has 2 fully saturated rings. The van der Waals surface area contributed by atoms with Gasteiger partial charge in [0.05, 0.1) is 10.9 Å². The summed E-state index contributed by atoms with van der Waals surface area (Å²) in [6.07, 6.45) is -12.5. The van der Waals surface area contributed by atoms with Crippen molar-refractivity contribution in [2.75, 3.05) is 19.6 Å². The van der Waals surface area contributed by atoms with E-state index < -0.39 is 55.4 Å². The van der Waals surface area contributed by atoms with Crippen LogP contribution in [0.15, 0.2) is 47.4 Å². The highest BCUT2D eigenvalue weighted by atomic mass is 35.5. The second-order valence-electron chi connectivity index (χ2n) is 11.6. The SMILES string of the molecule is CC1(C(=O)N2CC[C@@]3(S(=O)(=O)c4ccc(F)cc4)c4ccc(C(F)(C(F)(F)F)C(F)(F)F)cc4CC[C@@H]23)CCN(Cl)CC1. The van der Waals surface area contributed by atoms with Gasteiger partial charge in [-0.2, -0.15) is 26.3 Å². The summed E-state index contributed by atoms with van der Waals surface area (Å²) in [5.41, 5.74) is -8.62. The van der Waals surface area contributed by atoms with Gasteiger partial charge in [-0.3, -0.25) is 4.79 Å². The molecule has 2 aliphatic heterocycles. The zero-order valence-corrected chi connectivity index (χ0v) is 24.3. The van der Waals surface area contributed by atoms with Crippen LogP contribution in [0.1, 0.15) is 49.3 Å². The number of benzene rings is 2. The highest BCUT2D eigenvalue weighted by Gasteiger charge is 2.74. The molecule has 0 spiro atoms. The predicted octanol–water partition coefficient (Wildman–Crippen LogP) is 6.59. The van der Waals surface area contributed by atoms with Crippen molar-refractivity contribution in [1.29, 1.82) is 0 Å². The van der Waals surface area contributed by atoms with E-state index in [1.54, 1.807) is 6.92 Å². The van der Waals surface area contributed by atoms with Crippen LogP contribution in [0.25, 0.3) is 0 Å². The molecule has 2 saturated heterocycles. The van der Waals surface area contributed by atoms with Gasteiger partial charge in [-0.1, -0.05) is 25.1 Å². The zero-order chi connectivity index (χ0) is 31.8. The first-order valence-electron chi connectivity index (χ1n) is 13.5. The standard InChI is InChI=1S/C28H27ClF8N2O3S/c1-24(10-13-38(29)14-11-24)23(40)39-15-12-25(43(41,42)20-6-4-19(30)5-7-20)21-8-3-18(16-17(21)2-9-22(25)39)26(31,27(32,33)34)28(35,36)37/h3-8,16,22H,2,9-15H2,1H3/t22-,25-/m1/s1. The van der Waals surface area contributed by atoms with Crippen molar-refractivity contribution in [2.24, 2.45) is 5.41 Å². The quantitative estimate of drug-likeness (QED) is 0.212. The Morgan fingerprint density at radius 3 is 2.05 bits per heavy atom. The molecular formula is C28H27ClF8N2O3S. The number of sulfone groups is 1. The summed E-state index contributed by atoms with van der Waals surface area (Å²) in [6, 6.07) is 4.35. The van der Waals surface area contributed by atoms with Crippen molar-refractivity contribution in [3.05, 3.63) is 65.0 Å². The fraction of sp³-hybridized carbons (Fsp3) is 0.536. The van der Waals surface area contributed by atoms with E-state index in [0.717, 1.165) is 30.3 Å². The van der Waals surface area contributed by atoms with E-state index in [0.29, 0.717) is 38.1 Å². The number of likely N-dealkylation sites (tertiary alicyclic amines) is 1. The van der Waals surface area contributed by atoms with Gasteiger partial charge < -0.3 is 4.90 Å². The first-order chi connectivity index (χ1) is 19.8. The third kappa shape index (κ3) is 4.73. The lowest BCUT2D eigenvalue weighted by molar-refractivity contribution is -0.348. The molecule has 236 valence electrons. The van der Waals surface area contributed by atoms with Crippen molar-refractivity contribution in [2.45, 2.75) is 72.7 Å². The summed E-state index contributed by atoms with van der Waals surface area (Å²) in [5, 5.41) is 0. The maximum absolute atomic E-state index is 15.0. The largest absolute Gasteiger partial charge is 0.435 e. The monoisotopic (exact) mass is 658 g/mol. The number of carbonyl (C=O) groups is 1. The second kappa shape index (κ2) is 10.3. The van der Waals surface area contributed by atoms with Crippen LogP contribution in [0.2, 0.25) is 0 Å². The second-order valence-corrected chi connectivity index (χ2v) is 14.3. The van der Waals surface area contributed by atoms with Gasteiger partial charge >= 0.3 is 18.0 Å². The average molecular weight is 659 g/mol. The van der Waals surface area contributed by atoms with Gasteiger partial charge in [-0.25, -0.2) is 21.6 Å².